The molecule has 32 heavy (non-hydrogen) atoms. The van der Waals surface area contributed by atoms with Crippen LogP contribution in [0.15, 0.2) is 41.3 Å². The molecule has 3 fully saturated rings. The van der Waals surface area contributed by atoms with Crippen molar-refractivity contribution in [2.75, 3.05) is 5.32 Å². The van der Waals surface area contributed by atoms with Gasteiger partial charge in [0.25, 0.3) is 11.5 Å². The van der Waals surface area contributed by atoms with E-state index in [2.05, 4.69) is 15.3 Å². The highest BCUT2D eigenvalue weighted by Gasteiger charge is 2.47. The van der Waals surface area contributed by atoms with Gasteiger partial charge in [-0.3, -0.25) is 4.79 Å². The van der Waals surface area contributed by atoms with Gasteiger partial charge in [0.1, 0.15) is 17.8 Å². The molecule has 3 aliphatic rings. The average Bonchev–Trinajstić information content (AvgIpc) is 2.69. The van der Waals surface area contributed by atoms with Crippen LogP contribution in [0.3, 0.4) is 0 Å². The Hall–Kier alpha value is -2.90. The number of alkyl halides is 3. The van der Waals surface area contributed by atoms with Crippen molar-refractivity contribution in [3.63, 3.8) is 0 Å². The molecule has 0 spiro atoms. The van der Waals surface area contributed by atoms with E-state index in [1.807, 2.05) is 0 Å². The van der Waals surface area contributed by atoms with Gasteiger partial charge in [0, 0.05) is 37.3 Å². The van der Waals surface area contributed by atoms with E-state index in [-0.39, 0.29) is 29.6 Å². The Labute approximate surface area is 183 Å². The molecule has 2 aromatic heterocycles. The second kappa shape index (κ2) is 7.60. The Morgan fingerprint density at radius 3 is 2.66 bits per heavy atom. The minimum atomic E-state index is -2.92. The summed E-state index contributed by atoms with van der Waals surface area (Å²) in [5, 5.41) is 3.87. The Morgan fingerprint density at radius 1 is 1.16 bits per heavy atom. The maximum atomic E-state index is 14.3. The average molecular weight is 442 g/mol. The summed E-state index contributed by atoms with van der Waals surface area (Å²) in [6.07, 6.45) is 2.86. The Bertz CT molecular complexity index is 1230. The number of aryl methyl sites for hydroxylation is 1. The molecule has 0 amide bonds. The maximum Gasteiger partial charge on any atom is 0.270 e. The number of rotatable bonds is 5. The number of nitrogens with one attached hydrogen (secondary N) is 1. The molecule has 8 heteroatoms. The van der Waals surface area contributed by atoms with E-state index < -0.39 is 12.1 Å². The smallest absolute Gasteiger partial charge is 0.270 e. The molecule has 2 atom stereocenters. The minimum Gasteiger partial charge on any atom is -0.365 e. The molecule has 3 saturated carbocycles. The van der Waals surface area contributed by atoms with Crippen molar-refractivity contribution >= 4 is 16.7 Å². The van der Waals surface area contributed by atoms with Crippen LogP contribution in [0, 0.1) is 18.8 Å². The second-order valence-electron chi connectivity index (χ2n) is 9.19. The number of hydrogen-bond donors (Lipinski definition) is 1. The molecule has 1 aromatic carbocycles. The lowest BCUT2D eigenvalue weighted by Crippen LogP contribution is -2.46. The Kier molecular flexibility index (Phi) is 4.98. The summed E-state index contributed by atoms with van der Waals surface area (Å²) in [5.41, 5.74) is 0.956. The van der Waals surface area contributed by atoms with Crippen LogP contribution in [0.25, 0.3) is 10.9 Å². The molecule has 5 nitrogen and oxygen atoms in total. The van der Waals surface area contributed by atoms with Crippen LogP contribution >= 0.6 is 0 Å². The molecule has 0 saturated heterocycles. The standard InChI is InChI=1S/C24H25F3N4O/c1-13-29-20-10-22(32)31(21-9-19(25)15-7-16(21)8-15)12-18(20)23(30-13)28-11-14-4-3-5-17(6-14)24(2,26)27/h3-6,10,12,15-16,19,21H,7-9,11H2,1-2H3,(H,28,29,30)/t15?,16?,19-,21+/m1/s1. The quantitative estimate of drug-likeness (QED) is 0.595. The summed E-state index contributed by atoms with van der Waals surface area (Å²) in [5.74, 6) is -1.44. The number of halogens is 3. The van der Waals surface area contributed by atoms with Crippen molar-refractivity contribution in [2.45, 2.75) is 57.8 Å². The first-order chi connectivity index (χ1) is 15.2. The Morgan fingerprint density at radius 2 is 1.94 bits per heavy atom. The first-order valence-corrected chi connectivity index (χ1v) is 10.9. The van der Waals surface area contributed by atoms with E-state index in [0.717, 1.165) is 19.8 Å². The molecular formula is C24H25F3N4O. The number of pyridine rings is 1. The number of anilines is 1. The van der Waals surface area contributed by atoms with Crippen LogP contribution in [0.1, 0.15) is 49.2 Å². The molecule has 168 valence electrons. The zero-order valence-corrected chi connectivity index (χ0v) is 18.0. The van der Waals surface area contributed by atoms with Crippen molar-refractivity contribution in [3.8, 4) is 0 Å². The van der Waals surface area contributed by atoms with Gasteiger partial charge in [-0.25, -0.2) is 23.1 Å². The number of fused-ring (bicyclic) bond motifs is 3. The highest BCUT2D eigenvalue weighted by Crippen LogP contribution is 2.52. The van der Waals surface area contributed by atoms with E-state index in [9.17, 15) is 18.0 Å². The van der Waals surface area contributed by atoms with Crippen LogP contribution in [-0.2, 0) is 12.5 Å². The largest absolute Gasteiger partial charge is 0.365 e. The first kappa shape index (κ1) is 21.0. The summed E-state index contributed by atoms with van der Waals surface area (Å²) in [4.78, 5) is 21.7. The molecule has 3 aromatic rings. The van der Waals surface area contributed by atoms with Crippen molar-refractivity contribution in [2.24, 2.45) is 11.8 Å². The highest BCUT2D eigenvalue weighted by molar-refractivity contribution is 5.88. The molecule has 1 N–H and O–H groups in total. The van der Waals surface area contributed by atoms with Crippen LogP contribution in [0.2, 0.25) is 0 Å². The summed E-state index contributed by atoms with van der Waals surface area (Å²) in [6.45, 7) is 2.89. The highest BCUT2D eigenvalue weighted by atomic mass is 19.3. The third-order valence-electron chi connectivity index (χ3n) is 6.85. The molecular weight excluding hydrogens is 417 g/mol. The van der Waals surface area contributed by atoms with Gasteiger partial charge in [0.05, 0.1) is 10.9 Å². The van der Waals surface area contributed by atoms with Gasteiger partial charge in [-0.05, 0) is 49.7 Å². The molecule has 2 bridgehead atoms. The zero-order valence-electron chi connectivity index (χ0n) is 18.0. The SMILES string of the molecule is Cc1nc(NCc2cccc(C(C)(F)F)c2)c2cn([C@H]3C[C@@H](F)C4CC3C4)c(=O)cc2n1. The number of hydrogen-bond acceptors (Lipinski definition) is 4. The van der Waals surface area contributed by atoms with Gasteiger partial charge >= 0.3 is 0 Å². The maximum absolute atomic E-state index is 14.3. The normalized spacial score (nSPS) is 24.9. The van der Waals surface area contributed by atoms with Crippen LogP contribution in [0.4, 0.5) is 19.0 Å². The fourth-order valence-corrected chi connectivity index (χ4v) is 5.04. The van der Waals surface area contributed by atoms with Crippen LogP contribution in [0.5, 0.6) is 0 Å². The van der Waals surface area contributed by atoms with E-state index in [1.165, 1.54) is 18.2 Å². The van der Waals surface area contributed by atoms with E-state index >= 15 is 0 Å². The fourth-order valence-electron chi connectivity index (χ4n) is 5.04. The van der Waals surface area contributed by atoms with Crippen LogP contribution in [-0.4, -0.2) is 20.7 Å². The third-order valence-corrected chi connectivity index (χ3v) is 6.85. The summed E-state index contributed by atoms with van der Waals surface area (Å²) >= 11 is 0. The van der Waals surface area contributed by atoms with Gasteiger partial charge in [-0.15, -0.1) is 0 Å². The zero-order chi connectivity index (χ0) is 22.6. The molecule has 6 rings (SSSR count). The number of benzene rings is 1. The van der Waals surface area contributed by atoms with E-state index in [1.54, 1.807) is 29.8 Å². The predicted molar refractivity (Wildman–Crippen MR) is 117 cm³/mol. The van der Waals surface area contributed by atoms with Gasteiger partial charge in [-0.2, -0.15) is 0 Å². The van der Waals surface area contributed by atoms with Gasteiger partial charge in [0.15, 0.2) is 0 Å². The molecule has 0 radical (unpaired) electrons. The third kappa shape index (κ3) is 3.76. The first-order valence-electron chi connectivity index (χ1n) is 10.9. The van der Waals surface area contributed by atoms with Crippen molar-refractivity contribution in [1.29, 1.82) is 0 Å². The van der Waals surface area contributed by atoms with Gasteiger partial charge in [-0.1, -0.05) is 18.2 Å². The monoisotopic (exact) mass is 442 g/mol. The topological polar surface area (TPSA) is 59.8 Å². The summed E-state index contributed by atoms with van der Waals surface area (Å²) in [7, 11) is 0. The minimum absolute atomic E-state index is 0.0498. The van der Waals surface area contributed by atoms with Crippen LogP contribution < -0.4 is 10.9 Å². The number of aromatic nitrogens is 3. The van der Waals surface area contributed by atoms with Crippen molar-refractivity contribution in [1.82, 2.24) is 14.5 Å². The lowest BCUT2D eigenvalue weighted by molar-refractivity contribution is -0.0183. The van der Waals surface area contributed by atoms with Gasteiger partial charge in [0.2, 0.25) is 0 Å². The summed E-state index contributed by atoms with van der Waals surface area (Å²) < 4.78 is 43.3. The van der Waals surface area contributed by atoms with E-state index in [0.29, 0.717) is 40.4 Å². The lowest BCUT2D eigenvalue weighted by Gasteiger charge is -2.48. The van der Waals surface area contributed by atoms with Crippen molar-refractivity contribution in [3.05, 3.63) is 63.8 Å². The lowest BCUT2D eigenvalue weighted by atomic mass is 9.61. The molecule has 0 unspecified atom stereocenters. The number of nitrogens with zero attached hydrogens (tertiary/aromatic N) is 3. The second-order valence-corrected chi connectivity index (χ2v) is 9.19. The van der Waals surface area contributed by atoms with E-state index in [4.69, 9.17) is 0 Å². The molecule has 0 aliphatic heterocycles. The Balaban J connectivity index is 1.48. The molecule has 3 aliphatic carbocycles. The van der Waals surface area contributed by atoms with Crippen molar-refractivity contribution < 1.29 is 13.2 Å². The fraction of sp³-hybridized carbons (Fsp3) is 0.458. The summed E-state index contributed by atoms with van der Waals surface area (Å²) in [6, 6.07) is 7.56. The predicted octanol–water partition coefficient (Wildman–Crippen LogP) is 5.13. The van der Waals surface area contributed by atoms with Gasteiger partial charge < -0.3 is 9.88 Å². The molecule has 2 heterocycles.